The number of aliphatic hydroxyl groups excluding tert-OH is 17. The van der Waals surface area contributed by atoms with Gasteiger partial charge < -0.3 is 144 Å². The van der Waals surface area contributed by atoms with E-state index in [9.17, 15) is 91.6 Å². The molecule has 68 heavy (non-hydrogen) atoms. The fourth-order valence-corrected chi connectivity index (χ4v) is 8.78. The van der Waals surface area contributed by atoms with Crippen molar-refractivity contribution < 1.29 is 144 Å². The average molecular weight is 1000 g/mol. The molecule has 18 N–H and O–H groups in total. The Labute approximate surface area is 386 Å². The predicted molar refractivity (Wildman–Crippen MR) is 208 cm³/mol. The monoisotopic (exact) mass is 999 g/mol. The Hall–Kier alpha value is -1.65. The Morgan fingerprint density at radius 1 is 0.382 bits per heavy atom. The zero-order valence-corrected chi connectivity index (χ0v) is 36.7. The van der Waals surface area contributed by atoms with Gasteiger partial charge in [0.15, 0.2) is 37.7 Å². The summed E-state index contributed by atoms with van der Waals surface area (Å²) >= 11 is 0. The molecule has 30 nitrogen and oxygen atoms in total. The van der Waals surface area contributed by atoms with Gasteiger partial charge in [-0.1, -0.05) is 0 Å². The van der Waals surface area contributed by atoms with E-state index in [0.717, 1.165) is 6.92 Å². The molecule has 6 aliphatic rings. The first-order valence-corrected chi connectivity index (χ1v) is 21.8. The van der Waals surface area contributed by atoms with E-state index in [1.165, 1.54) is 13.8 Å². The highest BCUT2D eigenvalue weighted by Gasteiger charge is 2.59. The Kier molecular flexibility index (Phi) is 19.2. The summed E-state index contributed by atoms with van der Waals surface area (Å²) in [5.74, 6) is -0.882. The van der Waals surface area contributed by atoms with Gasteiger partial charge in [-0.2, -0.15) is 0 Å². The second kappa shape index (κ2) is 23.5. The number of amides is 1. The summed E-state index contributed by atoms with van der Waals surface area (Å²) in [5, 5.41) is 184. The van der Waals surface area contributed by atoms with Crippen LogP contribution in [-0.2, 0) is 56.9 Å². The van der Waals surface area contributed by atoms with E-state index in [-0.39, 0.29) is 0 Å². The zero-order chi connectivity index (χ0) is 50.2. The predicted octanol–water partition coefficient (Wildman–Crippen LogP) is -11.9. The van der Waals surface area contributed by atoms with Crippen LogP contribution in [0.25, 0.3) is 0 Å². The van der Waals surface area contributed by atoms with Crippen LogP contribution in [0.1, 0.15) is 20.8 Å². The maximum Gasteiger partial charge on any atom is 0.217 e. The highest BCUT2D eigenvalue weighted by molar-refractivity contribution is 5.73. The van der Waals surface area contributed by atoms with Crippen LogP contribution in [0.2, 0.25) is 0 Å². The van der Waals surface area contributed by atoms with Gasteiger partial charge in [0.25, 0.3) is 0 Å². The van der Waals surface area contributed by atoms with Crippen LogP contribution in [0, 0.1) is 0 Å². The van der Waals surface area contributed by atoms with E-state index < -0.39 is 217 Å². The Bertz CT molecular complexity index is 1590. The summed E-state index contributed by atoms with van der Waals surface area (Å²) < 4.78 is 63.9. The third-order valence-corrected chi connectivity index (χ3v) is 12.8. The van der Waals surface area contributed by atoms with Gasteiger partial charge in [-0.25, -0.2) is 0 Å². The Morgan fingerprint density at radius 3 is 1.32 bits per heavy atom. The first-order chi connectivity index (χ1) is 32.1. The molecule has 0 radical (unpaired) electrons. The highest BCUT2D eigenvalue weighted by atomic mass is 16.8. The lowest BCUT2D eigenvalue weighted by atomic mass is 9.93. The number of ether oxygens (including phenoxy) is 11. The summed E-state index contributed by atoms with van der Waals surface area (Å²) in [5.41, 5.74) is 0. The molecular formula is C38H65NO29. The first kappa shape index (κ1) is 55.7. The SMILES string of the molecule is CC(=O)N[C@H]1C(O[C@@H]2OC(C)[C@@H](O)[C@H](O)C2O)[C@H](O[C@@H]2O[C@@H](CO)[C@H](O)C(O)C2O[C@@H]2OC(C)[C@@H](O)C(O)C2O)C(CO)O[C@H]1OC1[C@@H](O)C(CO)O[C@@H](O[C@@H]2C(CO)O[C@@H](O)[C@@H](O)C2O)[C@H]1O. The van der Waals surface area contributed by atoms with Crippen LogP contribution in [0.15, 0.2) is 0 Å². The lowest BCUT2D eigenvalue weighted by molar-refractivity contribution is -0.401. The molecule has 6 saturated heterocycles. The zero-order valence-electron chi connectivity index (χ0n) is 36.7. The number of hydrogen-bond acceptors (Lipinski definition) is 29. The van der Waals surface area contributed by atoms with Crippen LogP contribution in [0.3, 0.4) is 0 Å². The van der Waals surface area contributed by atoms with Gasteiger partial charge in [0, 0.05) is 6.92 Å². The number of aliphatic hydroxyl groups is 17. The van der Waals surface area contributed by atoms with Crippen molar-refractivity contribution >= 4 is 5.91 Å². The van der Waals surface area contributed by atoms with Gasteiger partial charge in [0.05, 0.1) is 38.6 Å². The summed E-state index contributed by atoms with van der Waals surface area (Å²) in [6.07, 6.45) is -53.8. The summed E-state index contributed by atoms with van der Waals surface area (Å²) in [6, 6.07) is -1.83. The molecule has 0 aliphatic carbocycles. The molecule has 0 aromatic heterocycles. The van der Waals surface area contributed by atoms with Gasteiger partial charge in [-0.15, -0.1) is 0 Å². The van der Waals surface area contributed by atoms with Gasteiger partial charge in [0.1, 0.15) is 134 Å². The smallest absolute Gasteiger partial charge is 0.217 e. The summed E-state index contributed by atoms with van der Waals surface area (Å²) in [4.78, 5) is 13.0. The molecule has 0 spiro atoms. The number of nitrogens with one attached hydrogen (secondary N) is 1. The van der Waals surface area contributed by atoms with Crippen molar-refractivity contribution in [1.29, 1.82) is 0 Å². The number of hydrogen-bond donors (Lipinski definition) is 18. The van der Waals surface area contributed by atoms with Crippen molar-refractivity contribution in [2.45, 2.75) is 205 Å². The first-order valence-electron chi connectivity index (χ1n) is 21.8. The summed E-state index contributed by atoms with van der Waals surface area (Å²) in [7, 11) is 0. The van der Waals surface area contributed by atoms with Gasteiger partial charge in [0.2, 0.25) is 5.91 Å². The maximum absolute atomic E-state index is 13.0. The van der Waals surface area contributed by atoms with Crippen LogP contribution in [-0.4, -0.2) is 303 Å². The molecule has 0 saturated carbocycles. The molecule has 30 atom stereocenters. The van der Waals surface area contributed by atoms with E-state index in [1.54, 1.807) is 0 Å². The van der Waals surface area contributed by atoms with Crippen LogP contribution in [0.4, 0.5) is 0 Å². The number of carbonyl (C=O) groups excluding carboxylic acids is 1. The topological polar surface area (TPSA) is 475 Å². The van der Waals surface area contributed by atoms with Crippen molar-refractivity contribution in [3.8, 4) is 0 Å². The van der Waals surface area contributed by atoms with E-state index in [0.29, 0.717) is 0 Å². The van der Waals surface area contributed by atoms with Crippen molar-refractivity contribution in [2.75, 3.05) is 26.4 Å². The van der Waals surface area contributed by atoms with Crippen molar-refractivity contribution in [3.05, 3.63) is 0 Å². The molecule has 6 fully saturated rings. The molecule has 0 aromatic rings. The van der Waals surface area contributed by atoms with E-state index in [1.807, 2.05) is 0 Å². The largest absolute Gasteiger partial charge is 0.394 e. The molecule has 13 unspecified atom stereocenters. The number of rotatable bonds is 15. The molecule has 396 valence electrons. The Morgan fingerprint density at radius 2 is 0.794 bits per heavy atom. The molecule has 6 rings (SSSR count). The lowest BCUT2D eigenvalue weighted by Gasteiger charge is -2.52. The van der Waals surface area contributed by atoms with Gasteiger partial charge in [-0.05, 0) is 13.8 Å². The summed E-state index contributed by atoms with van der Waals surface area (Å²) in [6.45, 7) is -0.339. The van der Waals surface area contributed by atoms with Crippen LogP contribution >= 0.6 is 0 Å². The maximum atomic E-state index is 13.0. The third kappa shape index (κ3) is 11.4. The molecular weight excluding hydrogens is 934 g/mol. The normalized spacial score (nSPS) is 52.6. The van der Waals surface area contributed by atoms with Crippen molar-refractivity contribution in [2.24, 2.45) is 0 Å². The van der Waals surface area contributed by atoms with E-state index in [4.69, 9.17) is 52.1 Å². The molecule has 0 bridgehead atoms. The standard InChI is InChI=1S/C38H65NO29/c1-8-16(45)20(49)25(54)35(58-8)66-30-15(39-10(3)44)34(67-31-19(48)12(5-41)61-37(27(31)56)64-28-13(6-42)60-33(57)24(53)23(28)52)63-14(7-43)29(30)65-38-32(22(51)18(47)11(4-40)62-38)68-36-26(55)21(50)17(46)9(2)59-36/h8-9,11-38,40-43,45-57H,4-7H2,1-3H3,(H,39,44)/t8?,9?,11-,12?,13?,14?,15-,16+,17+,18-,19-,20-,21?,22?,23?,24-,25?,26?,27-,28+,29+,30?,31?,32?,33+,34-,35-,36-,37-,38-/m0/s1. The molecule has 30 heteroatoms. The molecule has 1 amide bonds. The Balaban J connectivity index is 1.37. The average Bonchev–Trinajstić information content (AvgIpc) is 3.31. The minimum atomic E-state index is -2.18. The quantitative estimate of drug-likeness (QED) is 0.0724. The van der Waals surface area contributed by atoms with Gasteiger partial charge >= 0.3 is 0 Å². The van der Waals surface area contributed by atoms with Crippen molar-refractivity contribution in [3.63, 3.8) is 0 Å². The molecule has 6 heterocycles. The minimum Gasteiger partial charge on any atom is -0.394 e. The second-order valence-corrected chi connectivity index (χ2v) is 17.5. The highest BCUT2D eigenvalue weighted by Crippen LogP contribution is 2.38. The fraction of sp³-hybridized carbons (Fsp3) is 0.974. The van der Waals surface area contributed by atoms with Gasteiger partial charge in [-0.3, -0.25) is 4.79 Å². The number of carbonyl (C=O) groups is 1. The van der Waals surface area contributed by atoms with E-state index >= 15 is 0 Å². The van der Waals surface area contributed by atoms with Crippen LogP contribution < -0.4 is 5.32 Å². The second-order valence-electron chi connectivity index (χ2n) is 17.5. The lowest BCUT2D eigenvalue weighted by Crippen LogP contribution is -2.71. The minimum absolute atomic E-state index is 0.882. The van der Waals surface area contributed by atoms with Crippen LogP contribution in [0.5, 0.6) is 0 Å². The third-order valence-electron chi connectivity index (χ3n) is 12.8. The fourth-order valence-electron chi connectivity index (χ4n) is 8.78. The van der Waals surface area contributed by atoms with E-state index in [2.05, 4.69) is 5.32 Å². The van der Waals surface area contributed by atoms with Crippen molar-refractivity contribution in [1.82, 2.24) is 5.32 Å². The molecule has 0 aromatic carbocycles. The molecule has 6 aliphatic heterocycles.